The van der Waals surface area contributed by atoms with Crippen LogP contribution in [0.15, 0.2) is 30.6 Å². The molecule has 1 aromatic carbocycles. The zero-order valence-electron chi connectivity index (χ0n) is 19.7. The topological polar surface area (TPSA) is 125 Å². The molecule has 1 fully saturated rings. The van der Waals surface area contributed by atoms with Gasteiger partial charge >= 0.3 is 0 Å². The Morgan fingerprint density at radius 2 is 1.82 bits per heavy atom. The van der Waals surface area contributed by atoms with E-state index in [9.17, 15) is 9.59 Å². The second-order valence-corrected chi connectivity index (χ2v) is 8.74. The molecule has 3 aromatic rings. The molecule has 9 nitrogen and oxygen atoms in total. The zero-order chi connectivity index (χ0) is 24.4. The number of primary amides is 1. The van der Waals surface area contributed by atoms with E-state index < -0.39 is 5.91 Å². The van der Waals surface area contributed by atoms with Gasteiger partial charge < -0.3 is 16.4 Å². The lowest BCUT2D eigenvalue weighted by Gasteiger charge is -2.31. The Morgan fingerprint density at radius 1 is 1.15 bits per heavy atom. The van der Waals surface area contributed by atoms with Crippen molar-refractivity contribution in [1.29, 1.82) is 0 Å². The number of anilines is 1. The number of nitrogen functional groups attached to an aromatic ring is 1. The maximum absolute atomic E-state index is 12.3. The number of hydrogen-bond donors (Lipinski definition) is 2. The average Bonchev–Trinajstić information content (AvgIpc) is 3.37. The molecule has 0 spiro atoms. The number of hydrogen-bond acceptors (Lipinski definition) is 5. The van der Waals surface area contributed by atoms with Crippen molar-refractivity contribution >= 4 is 17.6 Å². The minimum atomic E-state index is -0.633. The predicted molar refractivity (Wildman–Crippen MR) is 130 cm³/mol. The molecule has 3 heterocycles. The largest absolute Gasteiger partial charge is 0.383 e. The van der Waals surface area contributed by atoms with Gasteiger partial charge in [0, 0.05) is 24.8 Å². The summed E-state index contributed by atoms with van der Waals surface area (Å²) >= 11 is 0. The summed E-state index contributed by atoms with van der Waals surface area (Å²) in [5.41, 5.74) is 16.9. The molecule has 1 aliphatic heterocycles. The molecule has 0 radical (unpaired) electrons. The molecular weight excluding hydrogens is 430 g/mol. The Morgan fingerprint density at radius 3 is 2.44 bits per heavy atom. The van der Waals surface area contributed by atoms with Crippen LogP contribution in [0.25, 0.3) is 11.3 Å². The van der Waals surface area contributed by atoms with E-state index in [-0.39, 0.29) is 23.3 Å². The first-order valence-electron chi connectivity index (χ1n) is 11.3. The second kappa shape index (κ2) is 9.43. The molecular formula is C25H29N7O2. The number of aromatic nitrogens is 4. The van der Waals surface area contributed by atoms with E-state index >= 15 is 0 Å². The van der Waals surface area contributed by atoms with E-state index in [4.69, 9.17) is 11.5 Å². The number of piperidine rings is 1. The number of aryl methyl sites for hydroxylation is 2. The maximum atomic E-state index is 12.3. The number of rotatable bonds is 5. The summed E-state index contributed by atoms with van der Waals surface area (Å²) in [4.78, 5) is 26.1. The van der Waals surface area contributed by atoms with Crippen LogP contribution in [-0.4, -0.2) is 49.4 Å². The first-order chi connectivity index (χ1) is 16.3. The van der Waals surface area contributed by atoms with Gasteiger partial charge in [-0.1, -0.05) is 35.2 Å². The summed E-state index contributed by atoms with van der Waals surface area (Å²) in [6.07, 6.45) is 4.84. The van der Waals surface area contributed by atoms with E-state index in [1.54, 1.807) is 22.7 Å². The van der Waals surface area contributed by atoms with Gasteiger partial charge in [-0.3, -0.25) is 14.3 Å². The van der Waals surface area contributed by atoms with Crippen molar-refractivity contribution in [2.45, 2.75) is 46.2 Å². The monoisotopic (exact) mass is 459 g/mol. The minimum Gasteiger partial charge on any atom is -0.383 e. The van der Waals surface area contributed by atoms with Crippen LogP contribution in [0.4, 0.5) is 5.82 Å². The van der Waals surface area contributed by atoms with Crippen LogP contribution in [0.2, 0.25) is 0 Å². The molecule has 4 N–H and O–H groups in total. The summed E-state index contributed by atoms with van der Waals surface area (Å²) < 4.78 is 3.48. The van der Waals surface area contributed by atoms with Crippen LogP contribution in [0.5, 0.6) is 0 Å². The van der Waals surface area contributed by atoms with E-state index in [1.807, 2.05) is 10.9 Å². The van der Waals surface area contributed by atoms with Crippen molar-refractivity contribution in [2.75, 3.05) is 18.8 Å². The number of amides is 2. The third-order valence-corrected chi connectivity index (χ3v) is 6.06. The van der Waals surface area contributed by atoms with Gasteiger partial charge in [0.05, 0.1) is 18.8 Å². The van der Waals surface area contributed by atoms with Crippen molar-refractivity contribution in [3.63, 3.8) is 0 Å². The Kier molecular flexibility index (Phi) is 6.41. The molecule has 0 saturated carbocycles. The molecule has 0 unspecified atom stereocenters. The van der Waals surface area contributed by atoms with Gasteiger partial charge in [0.15, 0.2) is 0 Å². The number of carbonyl (C=O) groups excluding carboxylic acids is 2. The third-order valence-electron chi connectivity index (χ3n) is 6.06. The molecule has 0 bridgehead atoms. The summed E-state index contributed by atoms with van der Waals surface area (Å²) in [7, 11) is 0. The Hall–Kier alpha value is -4.06. The number of nitrogens with two attached hydrogens (primary N) is 2. The van der Waals surface area contributed by atoms with Gasteiger partial charge in [-0.2, -0.15) is 10.2 Å². The van der Waals surface area contributed by atoms with Crippen molar-refractivity contribution in [2.24, 2.45) is 5.73 Å². The molecule has 0 atom stereocenters. The van der Waals surface area contributed by atoms with Crippen molar-refractivity contribution in [1.82, 2.24) is 24.5 Å². The van der Waals surface area contributed by atoms with Crippen LogP contribution in [-0.2, 0) is 11.3 Å². The Bertz CT molecular complexity index is 1280. The number of benzene rings is 1. The predicted octanol–water partition coefficient (Wildman–Crippen LogP) is 2.28. The zero-order valence-corrected chi connectivity index (χ0v) is 19.7. The lowest BCUT2D eigenvalue weighted by molar-refractivity contribution is -0.126. The van der Waals surface area contributed by atoms with Crippen LogP contribution >= 0.6 is 0 Å². The van der Waals surface area contributed by atoms with Crippen molar-refractivity contribution in [3.8, 4) is 23.1 Å². The molecule has 0 aliphatic carbocycles. The summed E-state index contributed by atoms with van der Waals surface area (Å²) in [6.45, 7) is 7.47. The first kappa shape index (κ1) is 23.1. The smallest absolute Gasteiger partial charge is 0.298 e. The standard InChI is InChI=1S/C25H29N7O2/c1-4-5-21(33)30-8-6-20(7-9-30)32-24(26)22(25(27)34)23(29-32)19-13-28-31(15-19)14-18-11-16(2)10-17(3)12-18/h10-13,15,20H,6-9,14,26H2,1-3H3,(H2,27,34). The highest BCUT2D eigenvalue weighted by Gasteiger charge is 2.29. The first-order valence-corrected chi connectivity index (χ1v) is 11.3. The van der Waals surface area contributed by atoms with E-state index in [0.29, 0.717) is 43.7 Å². The van der Waals surface area contributed by atoms with Gasteiger partial charge in [0.2, 0.25) is 0 Å². The number of carbonyl (C=O) groups is 2. The van der Waals surface area contributed by atoms with Gasteiger partial charge in [-0.25, -0.2) is 4.68 Å². The summed E-state index contributed by atoms with van der Waals surface area (Å²) in [5.74, 6) is 4.65. The molecule has 2 aromatic heterocycles. The normalized spacial score (nSPS) is 14.0. The fraction of sp³-hybridized carbons (Fsp3) is 0.360. The molecule has 9 heteroatoms. The lowest BCUT2D eigenvalue weighted by atomic mass is 10.0. The SMILES string of the molecule is CC#CC(=O)N1CCC(n2nc(-c3cnn(Cc4cc(C)cc(C)c4)c3)c(C(N)=O)c2N)CC1. The van der Waals surface area contributed by atoms with Crippen LogP contribution in [0.3, 0.4) is 0 Å². The summed E-state index contributed by atoms with van der Waals surface area (Å²) in [6, 6.07) is 6.33. The minimum absolute atomic E-state index is 0.0456. The van der Waals surface area contributed by atoms with E-state index in [1.165, 1.54) is 11.1 Å². The highest BCUT2D eigenvalue weighted by atomic mass is 16.2. The fourth-order valence-electron chi connectivity index (χ4n) is 4.59. The maximum Gasteiger partial charge on any atom is 0.298 e. The van der Waals surface area contributed by atoms with E-state index in [0.717, 1.165) is 5.56 Å². The second-order valence-electron chi connectivity index (χ2n) is 8.74. The highest BCUT2D eigenvalue weighted by Crippen LogP contribution is 2.32. The van der Waals surface area contributed by atoms with Crippen molar-refractivity contribution < 1.29 is 9.59 Å². The van der Waals surface area contributed by atoms with Crippen LogP contribution in [0, 0.1) is 25.7 Å². The van der Waals surface area contributed by atoms with E-state index in [2.05, 4.69) is 54.1 Å². The molecule has 2 amide bonds. The summed E-state index contributed by atoms with van der Waals surface area (Å²) in [5, 5.41) is 9.15. The molecule has 1 saturated heterocycles. The number of nitrogens with zero attached hydrogens (tertiary/aromatic N) is 5. The molecule has 4 rings (SSSR count). The van der Waals surface area contributed by atoms with Crippen LogP contribution < -0.4 is 11.5 Å². The third kappa shape index (κ3) is 4.66. The van der Waals surface area contributed by atoms with Gasteiger partial charge in [0.25, 0.3) is 11.8 Å². The van der Waals surface area contributed by atoms with Gasteiger partial charge in [-0.05, 0) is 45.1 Å². The molecule has 1 aliphatic rings. The van der Waals surface area contributed by atoms with Crippen molar-refractivity contribution in [3.05, 3.63) is 52.8 Å². The quantitative estimate of drug-likeness (QED) is 0.566. The lowest BCUT2D eigenvalue weighted by Crippen LogP contribution is -2.38. The fourth-order valence-corrected chi connectivity index (χ4v) is 4.59. The average molecular weight is 460 g/mol. The molecule has 34 heavy (non-hydrogen) atoms. The van der Waals surface area contributed by atoms with Crippen LogP contribution in [0.1, 0.15) is 52.9 Å². The Labute approximate surface area is 198 Å². The van der Waals surface area contributed by atoms with Gasteiger partial charge in [-0.15, -0.1) is 0 Å². The highest BCUT2D eigenvalue weighted by molar-refractivity contribution is 6.03. The van der Waals surface area contributed by atoms with Gasteiger partial charge in [0.1, 0.15) is 17.1 Å². The molecule has 176 valence electrons. The number of likely N-dealkylation sites (tertiary alicyclic amines) is 1. The Balaban J connectivity index is 1.59.